The number of nitrogens with one attached hydrogen (secondary N) is 1. The monoisotopic (exact) mass is 514 g/mol. The van der Waals surface area contributed by atoms with E-state index in [2.05, 4.69) is 5.32 Å². The van der Waals surface area contributed by atoms with Crippen LogP contribution in [0.3, 0.4) is 0 Å². The van der Waals surface area contributed by atoms with E-state index < -0.39 is 35.1 Å². The molecule has 0 radical (unpaired) electrons. The van der Waals surface area contributed by atoms with E-state index >= 15 is 0 Å². The number of nitrogens with zero attached hydrogens (tertiary/aromatic N) is 1. The molecule has 6 nitrogen and oxygen atoms in total. The number of Topliss-reactive ketones (excluding diaryl/α,β-unsaturated/α-hetero) is 1. The minimum Gasteiger partial charge on any atom is -0.454 e. The van der Waals surface area contributed by atoms with Crippen LogP contribution in [0.25, 0.3) is 0 Å². The number of ketones is 1. The molecule has 2 aliphatic heterocycles. The fraction of sp³-hybridized carbons (Fsp3) is 0.233. The molecular formula is C30H24F2N2O4. The van der Waals surface area contributed by atoms with E-state index in [4.69, 9.17) is 14.5 Å². The van der Waals surface area contributed by atoms with Crippen molar-refractivity contribution < 1.29 is 27.8 Å². The summed E-state index contributed by atoms with van der Waals surface area (Å²) < 4.78 is 39.8. The van der Waals surface area contributed by atoms with Crippen LogP contribution in [0.1, 0.15) is 42.7 Å². The number of benzene rings is 3. The summed E-state index contributed by atoms with van der Waals surface area (Å²) in [7, 11) is 0. The second-order valence-electron chi connectivity index (χ2n) is 9.71. The number of para-hydroxylation sites is 1. The van der Waals surface area contributed by atoms with E-state index in [9.17, 15) is 18.4 Å². The molecule has 6 rings (SSSR count). The van der Waals surface area contributed by atoms with E-state index in [1.54, 1.807) is 25.1 Å². The molecule has 0 bridgehead atoms. The van der Waals surface area contributed by atoms with Crippen molar-refractivity contribution in [1.29, 1.82) is 0 Å². The highest BCUT2D eigenvalue weighted by atomic mass is 19.1. The first-order valence-corrected chi connectivity index (χ1v) is 12.4. The highest BCUT2D eigenvalue weighted by Crippen LogP contribution is 2.48. The molecule has 0 aromatic heterocycles. The summed E-state index contributed by atoms with van der Waals surface area (Å²) in [5, 5.41) is 2.42. The summed E-state index contributed by atoms with van der Waals surface area (Å²) in [4.78, 5) is 32.1. The Morgan fingerprint density at radius 3 is 2.42 bits per heavy atom. The molecule has 0 saturated heterocycles. The Morgan fingerprint density at radius 1 is 0.921 bits per heavy atom. The summed E-state index contributed by atoms with van der Waals surface area (Å²) in [6.45, 7) is 1.79. The van der Waals surface area contributed by atoms with Gasteiger partial charge in [-0.3, -0.25) is 14.6 Å². The number of aliphatic imine (C=N–C) groups is 1. The van der Waals surface area contributed by atoms with Crippen molar-refractivity contribution in [1.82, 2.24) is 0 Å². The molecule has 8 heteroatoms. The number of hydrogen-bond donors (Lipinski definition) is 1. The molecule has 0 fully saturated rings. The fourth-order valence-electron chi connectivity index (χ4n) is 5.65. The Kier molecular flexibility index (Phi) is 6.02. The number of halogens is 2. The third-order valence-electron chi connectivity index (χ3n) is 7.41. The first-order chi connectivity index (χ1) is 18.4. The second kappa shape index (κ2) is 9.52. The quantitative estimate of drug-likeness (QED) is 0.470. The number of hydrogen-bond acceptors (Lipinski definition) is 5. The van der Waals surface area contributed by atoms with E-state index in [1.807, 2.05) is 30.3 Å². The Balaban J connectivity index is 1.44. The van der Waals surface area contributed by atoms with Crippen molar-refractivity contribution in [2.45, 2.75) is 31.6 Å². The molecule has 3 aliphatic rings. The number of anilines is 1. The maximum absolute atomic E-state index is 14.4. The predicted octanol–water partition coefficient (Wildman–Crippen LogP) is 5.91. The van der Waals surface area contributed by atoms with Gasteiger partial charge in [0, 0.05) is 29.3 Å². The van der Waals surface area contributed by atoms with Gasteiger partial charge >= 0.3 is 0 Å². The molecule has 3 aromatic rings. The third kappa shape index (κ3) is 4.16. The zero-order valence-corrected chi connectivity index (χ0v) is 20.5. The van der Waals surface area contributed by atoms with Crippen molar-refractivity contribution >= 4 is 23.1 Å². The largest absolute Gasteiger partial charge is 0.454 e. The van der Waals surface area contributed by atoms with Crippen LogP contribution < -0.4 is 14.8 Å². The van der Waals surface area contributed by atoms with Gasteiger partial charge in [-0.15, -0.1) is 0 Å². The lowest BCUT2D eigenvalue weighted by Gasteiger charge is -2.37. The van der Waals surface area contributed by atoms with Gasteiger partial charge in [0.25, 0.3) is 0 Å². The average Bonchev–Trinajstić information content (AvgIpc) is 3.38. The van der Waals surface area contributed by atoms with E-state index in [0.29, 0.717) is 40.5 Å². The minimum absolute atomic E-state index is 0.0331. The van der Waals surface area contributed by atoms with Gasteiger partial charge in [0.2, 0.25) is 12.7 Å². The number of allylic oxidation sites excluding steroid dienone is 2. The number of ether oxygens (including phenoxy) is 2. The van der Waals surface area contributed by atoms with Gasteiger partial charge in [0.05, 0.1) is 5.92 Å². The van der Waals surface area contributed by atoms with Crippen LogP contribution in [-0.2, 0) is 9.59 Å². The molecule has 2 heterocycles. The maximum atomic E-state index is 14.4. The van der Waals surface area contributed by atoms with Crippen molar-refractivity contribution in [3.05, 3.63) is 101 Å². The molecule has 1 unspecified atom stereocenters. The van der Waals surface area contributed by atoms with E-state index in [0.717, 1.165) is 17.7 Å². The Hall–Kier alpha value is -4.33. The molecule has 1 amide bonds. The standard InChI is InChI=1S/C30H24F2N2O4/c1-16-26(30(36)34-29-20(31)8-5-9-21(29)32)27(18-10-11-24-25(14-18)38-15-37-24)28-22(33-16)12-19(13-23(28)35)17-6-3-2-4-7-17/h2-11,14,19,26-27H,12-13,15H2,1H3,(H,34,36)/t19-,26?,27+/m1/s1. The van der Waals surface area contributed by atoms with Crippen LogP contribution in [0.5, 0.6) is 11.5 Å². The minimum atomic E-state index is -0.967. The topological polar surface area (TPSA) is 77.0 Å². The number of fused-ring (bicyclic) bond motifs is 1. The molecule has 3 aromatic carbocycles. The molecule has 0 saturated carbocycles. The number of carbonyl (C=O) groups excluding carboxylic acids is 2. The van der Waals surface area contributed by atoms with Crippen LogP contribution in [0, 0.1) is 17.6 Å². The summed E-state index contributed by atoms with van der Waals surface area (Å²) >= 11 is 0. The van der Waals surface area contributed by atoms with Gasteiger partial charge in [-0.25, -0.2) is 8.78 Å². The molecule has 0 spiro atoms. The zero-order valence-electron chi connectivity index (χ0n) is 20.5. The molecule has 1 N–H and O–H groups in total. The number of carbonyl (C=O) groups is 2. The summed E-state index contributed by atoms with van der Waals surface area (Å²) in [5.41, 5.74) is 2.73. The predicted molar refractivity (Wildman–Crippen MR) is 137 cm³/mol. The Morgan fingerprint density at radius 2 is 1.66 bits per heavy atom. The van der Waals surface area contributed by atoms with Gasteiger partial charge in [-0.05, 0) is 54.7 Å². The molecule has 3 atom stereocenters. The molecular weight excluding hydrogens is 490 g/mol. The summed E-state index contributed by atoms with van der Waals surface area (Å²) in [6, 6.07) is 18.5. The first-order valence-electron chi connectivity index (χ1n) is 12.4. The van der Waals surface area contributed by atoms with Crippen molar-refractivity contribution in [3.8, 4) is 11.5 Å². The van der Waals surface area contributed by atoms with Crippen LogP contribution in [-0.4, -0.2) is 24.2 Å². The molecule has 1 aliphatic carbocycles. The van der Waals surface area contributed by atoms with Crippen molar-refractivity contribution in [3.63, 3.8) is 0 Å². The smallest absolute Gasteiger partial charge is 0.234 e. The molecule has 38 heavy (non-hydrogen) atoms. The van der Waals surface area contributed by atoms with Gasteiger partial charge in [0.1, 0.15) is 17.3 Å². The van der Waals surface area contributed by atoms with Crippen LogP contribution in [0.4, 0.5) is 14.5 Å². The van der Waals surface area contributed by atoms with Gasteiger partial charge in [-0.1, -0.05) is 42.5 Å². The fourth-order valence-corrected chi connectivity index (χ4v) is 5.65. The lowest BCUT2D eigenvalue weighted by atomic mass is 9.69. The van der Waals surface area contributed by atoms with Crippen LogP contribution in [0.2, 0.25) is 0 Å². The maximum Gasteiger partial charge on any atom is 0.234 e. The third-order valence-corrected chi connectivity index (χ3v) is 7.41. The lowest BCUT2D eigenvalue weighted by Crippen LogP contribution is -2.40. The SMILES string of the molecule is CC1=NC2=C(C(=O)C[C@H](c3ccccc3)C2)[C@@H](c2ccc3c(c2)OCO3)C1C(=O)Nc1c(F)cccc1F. The van der Waals surface area contributed by atoms with Crippen LogP contribution in [0.15, 0.2) is 83.0 Å². The summed E-state index contributed by atoms with van der Waals surface area (Å²) in [5.74, 6) is -3.16. The average molecular weight is 515 g/mol. The molecule has 192 valence electrons. The van der Waals surface area contributed by atoms with Crippen molar-refractivity contribution in [2.75, 3.05) is 12.1 Å². The normalized spacial score (nSPS) is 22.1. The Labute approximate surface area is 218 Å². The number of amides is 1. The Bertz CT molecular complexity index is 1500. The highest BCUT2D eigenvalue weighted by molar-refractivity contribution is 6.13. The first kappa shape index (κ1) is 24.0. The van der Waals surface area contributed by atoms with Crippen LogP contribution >= 0.6 is 0 Å². The highest BCUT2D eigenvalue weighted by Gasteiger charge is 2.44. The van der Waals surface area contributed by atoms with E-state index in [1.165, 1.54) is 6.07 Å². The zero-order chi connectivity index (χ0) is 26.4. The number of rotatable bonds is 4. The van der Waals surface area contributed by atoms with Gasteiger partial charge in [-0.2, -0.15) is 0 Å². The van der Waals surface area contributed by atoms with Crippen molar-refractivity contribution in [2.24, 2.45) is 10.9 Å². The van der Waals surface area contributed by atoms with Gasteiger partial charge in [0.15, 0.2) is 17.3 Å². The van der Waals surface area contributed by atoms with E-state index in [-0.39, 0.29) is 24.9 Å². The van der Waals surface area contributed by atoms with Gasteiger partial charge < -0.3 is 14.8 Å². The summed E-state index contributed by atoms with van der Waals surface area (Å²) in [6.07, 6.45) is 0.814. The lowest BCUT2D eigenvalue weighted by molar-refractivity contribution is -0.119. The second-order valence-corrected chi connectivity index (χ2v) is 9.71.